The maximum atomic E-state index is 5.68. The summed E-state index contributed by atoms with van der Waals surface area (Å²) in [6.07, 6.45) is 0. The van der Waals surface area contributed by atoms with E-state index in [-0.39, 0.29) is 0 Å². The van der Waals surface area contributed by atoms with Crippen molar-refractivity contribution in [1.82, 2.24) is 19.0 Å². The van der Waals surface area contributed by atoms with E-state index in [1.807, 2.05) is 0 Å². The fraction of sp³-hybridized carbons (Fsp3) is 0.0370. The second-order valence-electron chi connectivity index (χ2n) is 16.3. The first kappa shape index (κ1) is 34.2. The summed E-state index contributed by atoms with van der Waals surface area (Å²) in [5.74, 6) is 0.760. The molecule has 10 aromatic rings. The molecule has 5 heteroatoms. The average molecular weight is 817 g/mol. The van der Waals surface area contributed by atoms with Crippen molar-refractivity contribution >= 4 is 64.2 Å². The summed E-state index contributed by atoms with van der Waals surface area (Å²) in [4.78, 5) is 11.2. The zero-order chi connectivity index (χ0) is 39.3. The summed E-state index contributed by atoms with van der Waals surface area (Å²) in [5.41, 5.74) is 14.3. The number of quaternary nitrogens is 1. The van der Waals surface area contributed by atoms with Crippen LogP contribution in [-0.4, -0.2) is 41.9 Å². The van der Waals surface area contributed by atoms with Gasteiger partial charge in [-0.15, -0.1) is 0 Å². The van der Waals surface area contributed by atoms with Gasteiger partial charge in [-0.05, 0) is 6.07 Å². The van der Waals surface area contributed by atoms with Crippen LogP contribution in [0.2, 0.25) is 0 Å². The summed E-state index contributed by atoms with van der Waals surface area (Å²) < 4.78 is 8.48. The van der Waals surface area contributed by atoms with Gasteiger partial charge >= 0.3 is 298 Å². The summed E-state index contributed by atoms with van der Waals surface area (Å²) >= 11 is -3.65. The van der Waals surface area contributed by atoms with Gasteiger partial charge in [0.25, 0.3) is 0 Å². The molecule has 0 unspecified atom stereocenters. The van der Waals surface area contributed by atoms with Crippen LogP contribution >= 0.6 is 0 Å². The molecule has 0 N–H and O–H groups in total. The number of benzene rings is 8. The molecule has 0 fully saturated rings. The molecule has 4 nitrogen and oxygen atoms in total. The number of aromatic nitrogens is 3. The van der Waals surface area contributed by atoms with Gasteiger partial charge in [0, 0.05) is 11.6 Å². The van der Waals surface area contributed by atoms with Crippen LogP contribution in [0.15, 0.2) is 200 Å². The zero-order valence-electron chi connectivity index (χ0n) is 32.8. The van der Waals surface area contributed by atoms with Gasteiger partial charge in [-0.1, -0.05) is 12.1 Å². The van der Waals surface area contributed by atoms with Gasteiger partial charge in [0.05, 0.1) is 14.1 Å². The minimum atomic E-state index is -3.65. The monoisotopic (exact) mass is 817 g/mol. The first-order chi connectivity index (χ1) is 29.0. The second kappa shape index (κ2) is 12.8. The first-order valence-electron chi connectivity index (χ1n) is 20.3. The quantitative estimate of drug-likeness (QED) is 0.128. The molecule has 0 atom stereocenters. The Bertz CT molecular complexity index is 3240. The number of rotatable bonds is 5. The van der Waals surface area contributed by atoms with Crippen LogP contribution in [0.3, 0.4) is 0 Å². The fourth-order valence-corrected chi connectivity index (χ4v) is 20.7. The standard InChI is InChI=1S/C54H39GeN4/c1-59(2)49-29-17-14-25-42(49)45-34-44-41-24-13-16-28-47(41)58(48(44)35-50(45)59)40-32-30-36(31-33-40)52-51-43-26-12-15-27-46(43)55(38-20-8-4-9-21-38,39-22-10-5-11-23-39)53(51)57-54(56-52)37-18-6-3-7-19-37/h3-35H,1-2H3/q+1. The summed E-state index contributed by atoms with van der Waals surface area (Å²) in [5, 5.41) is 2.52. The SMILES string of the molecule is C[N+]1(C)c2ccccc2-c2cc3c4ccccc4n(-c4ccc(-c5nc(-c6ccccc6)n[c]6c5-c5cccc[c]5[Ge]6([c]5ccccc5)[c]5ccccc5)cc4)c3cc21. The van der Waals surface area contributed by atoms with E-state index in [1.54, 1.807) is 0 Å². The fourth-order valence-electron chi connectivity index (χ4n) is 10.2. The van der Waals surface area contributed by atoms with E-state index in [9.17, 15) is 0 Å². The number of fused-ring (bicyclic) bond motifs is 9. The Balaban J connectivity index is 1.10. The first-order valence-corrected chi connectivity index (χ1v) is 24.5. The maximum absolute atomic E-state index is 5.68. The molecule has 12 rings (SSSR count). The van der Waals surface area contributed by atoms with Crippen LogP contribution in [-0.2, 0) is 0 Å². The van der Waals surface area contributed by atoms with Crippen LogP contribution in [0, 0.1) is 0 Å². The molecule has 2 aliphatic rings. The Labute approximate surface area is 346 Å². The molecule has 0 amide bonds. The predicted molar refractivity (Wildman–Crippen MR) is 249 cm³/mol. The molecule has 0 spiro atoms. The topological polar surface area (TPSA) is 30.7 Å². The van der Waals surface area contributed by atoms with Crippen molar-refractivity contribution in [3.63, 3.8) is 0 Å². The summed E-state index contributed by atoms with van der Waals surface area (Å²) in [6, 6.07) is 73.5. The van der Waals surface area contributed by atoms with Crippen LogP contribution in [0.1, 0.15) is 0 Å². The predicted octanol–water partition coefficient (Wildman–Crippen LogP) is 10.1. The van der Waals surface area contributed by atoms with E-state index in [0.29, 0.717) is 4.48 Å². The van der Waals surface area contributed by atoms with Gasteiger partial charge in [-0.2, -0.15) is 0 Å². The Morgan fingerprint density at radius 1 is 0.458 bits per heavy atom. The van der Waals surface area contributed by atoms with Crippen molar-refractivity contribution in [2.45, 2.75) is 0 Å². The molecule has 0 bridgehead atoms. The number of nitrogens with zero attached hydrogens (tertiary/aromatic N) is 4. The molecular weight excluding hydrogens is 777 g/mol. The molecule has 8 aromatic carbocycles. The normalized spacial score (nSPS) is 14.2. The molecular formula is C54H39GeN4+. The van der Waals surface area contributed by atoms with E-state index >= 15 is 0 Å². The van der Waals surface area contributed by atoms with Gasteiger partial charge in [0.2, 0.25) is 0 Å². The third kappa shape index (κ3) is 4.82. The molecule has 2 aromatic heterocycles. The van der Waals surface area contributed by atoms with Crippen molar-refractivity contribution in [3.8, 4) is 50.6 Å². The van der Waals surface area contributed by atoms with Gasteiger partial charge in [0.1, 0.15) is 5.69 Å². The van der Waals surface area contributed by atoms with Crippen molar-refractivity contribution < 1.29 is 0 Å². The Morgan fingerprint density at radius 2 is 1.07 bits per heavy atom. The third-order valence-electron chi connectivity index (χ3n) is 12.9. The van der Waals surface area contributed by atoms with Crippen molar-refractivity contribution in [2.75, 3.05) is 14.1 Å². The Morgan fingerprint density at radius 3 is 1.80 bits per heavy atom. The van der Waals surface area contributed by atoms with Crippen molar-refractivity contribution in [2.24, 2.45) is 0 Å². The summed E-state index contributed by atoms with van der Waals surface area (Å²) in [6.45, 7) is 0. The van der Waals surface area contributed by atoms with Crippen molar-refractivity contribution in [1.29, 1.82) is 0 Å². The van der Waals surface area contributed by atoms with E-state index in [2.05, 4.69) is 219 Å². The van der Waals surface area contributed by atoms with Gasteiger partial charge in [-0.3, -0.25) is 0 Å². The molecule has 0 saturated carbocycles. The Hall–Kier alpha value is -6.86. The molecule has 4 heterocycles. The van der Waals surface area contributed by atoms with Crippen molar-refractivity contribution in [3.05, 3.63) is 200 Å². The van der Waals surface area contributed by atoms with Gasteiger partial charge < -0.3 is 0 Å². The third-order valence-corrected chi connectivity index (χ3v) is 22.8. The molecule has 278 valence electrons. The molecule has 0 radical (unpaired) electrons. The van der Waals surface area contributed by atoms with Gasteiger partial charge in [0.15, 0.2) is 0 Å². The zero-order valence-corrected chi connectivity index (χ0v) is 34.9. The number of hydrogen-bond donors (Lipinski definition) is 0. The van der Waals surface area contributed by atoms with Crippen LogP contribution in [0.25, 0.3) is 72.4 Å². The van der Waals surface area contributed by atoms with E-state index in [1.165, 1.54) is 67.6 Å². The Kier molecular flexibility index (Phi) is 7.43. The van der Waals surface area contributed by atoms with Crippen LogP contribution in [0.5, 0.6) is 0 Å². The molecule has 2 aliphatic heterocycles. The molecule has 0 saturated heterocycles. The van der Waals surface area contributed by atoms with Crippen LogP contribution < -0.4 is 22.2 Å². The minimum absolute atomic E-state index is 0.712. The molecule has 59 heavy (non-hydrogen) atoms. The number of para-hydroxylation sites is 2. The van der Waals surface area contributed by atoms with Gasteiger partial charge in [-0.25, -0.2) is 0 Å². The summed E-state index contributed by atoms with van der Waals surface area (Å²) in [7, 11) is 4.60. The average Bonchev–Trinajstić information content (AvgIpc) is 3.87. The van der Waals surface area contributed by atoms with E-state index in [4.69, 9.17) is 9.97 Å². The van der Waals surface area contributed by atoms with E-state index < -0.39 is 13.3 Å². The number of hydrogen-bond acceptors (Lipinski definition) is 2. The van der Waals surface area contributed by atoms with Crippen LogP contribution in [0.4, 0.5) is 11.4 Å². The van der Waals surface area contributed by atoms with E-state index in [0.717, 1.165) is 33.9 Å². The second-order valence-corrected chi connectivity index (χ2v) is 24.0. The molecule has 0 aliphatic carbocycles.